The fourth-order valence-electron chi connectivity index (χ4n) is 1.54. The highest BCUT2D eigenvalue weighted by atomic mass is 16.5. The number of aromatic amines is 1. The number of rotatable bonds is 3. The van der Waals surface area contributed by atoms with Crippen molar-refractivity contribution in [2.24, 2.45) is 0 Å². The summed E-state index contributed by atoms with van der Waals surface area (Å²) >= 11 is 0. The Morgan fingerprint density at radius 3 is 2.89 bits per heavy atom. The minimum atomic E-state index is -0.563. The maximum absolute atomic E-state index is 11.8. The van der Waals surface area contributed by atoms with Crippen LogP contribution in [-0.4, -0.2) is 29.7 Å². The summed E-state index contributed by atoms with van der Waals surface area (Å²) in [5.41, 5.74) is 0.445. The molecule has 0 fully saturated rings. The van der Waals surface area contributed by atoms with Gasteiger partial charge in [-0.2, -0.15) is 0 Å². The average Bonchev–Trinajstić information content (AvgIpc) is 2.38. The molecule has 0 saturated carbocycles. The summed E-state index contributed by atoms with van der Waals surface area (Å²) in [5.74, 6) is -0.218. The zero-order valence-corrected chi connectivity index (χ0v) is 10.0. The first-order chi connectivity index (χ1) is 8.65. The van der Waals surface area contributed by atoms with E-state index >= 15 is 0 Å². The first-order valence-electron chi connectivity index (χ1n) is 5.41. The molecule has 0 amide bonds. The van der Waals surface area contributed by atoms with Crippen LogP contribution in [0.2, 0.25) is 0 Å². The number of hydrogen-bond acceptors (Lipinski definition) is 5. The molecule has 2 rings (SSSR count). The van der Waals surface area contributed by atoms with Gasteiger partial charge in [0.25, 0.3) is 0 Å². The topological polar surface area (TPSA) is 81.3 Å². The monoisotopic (exact) mass is 248 g/mol. The lowest BCUT2D eigenvalue weighted by Crippen LogP contribution is -2.13. The van der Waals surface area contributed by atoms with Gasteiger partial charge in [0.1, 0.15) is 11.2 Å². The Balaban J connectivity index is 2.57. The van der Waals surface area contributed by atoms with Gasteiger partial charge in [0, 0.05) is 12.1 Å². The standard InChI is InChI=1S/C12H12N2O4/c1-3-18-12(16)8-6-9(15)11-7(13-8)4-5-10(14-11)17-2/h4-6H,3H2,1-2H3,(H,13,15). The predicted octanol–water partition coefficient (Wildman–Crippen LogP) is 1.11. The molecule has 0 aliphatic rings. The second-order valence-corrected chi connectivity index (χ2v) is 3.52. The summed E-state index contributed by atoms with van der Waals surface area (Å²) in [7, 11) is 1.47. The van der Waals surface area contributed by atoms with Crippen LogP contribution in [0.3, 0.4) is 0 Å². The predicted molar refractivity (Wildman–Crippen MR) is 64.9 cm³/mol. The number of carbonyl (C=O) groups is 1. The van der Waals surface area contributed by atoms with Crippen molar-refractivity contribution in [3.63, 3.8) is 0 Å². The molecule has 2 heterocycles. The number of nitrogens with one attached hydrogen (secondary N) is 1. The van der Waals surface area contributed by atoms with Crippen LogP contribution in [0.4, 0.5) is 0 Å². The van der Waals surface area contributed by atoms with Gasteiger partial charge in [-0.25, -0.2) is 9.78 Å². The van der Waals surface area contributed by atoms with Gasteiger partial charge < -0.3 is 14.5 Å². The maximum atomic E-state index is 11.8. The van der Waals surface area contributed by atoms with Gasteiger partial charge in [-0.3, -0.25) is 4.79 Å². The minimum Gasteiger partial charge on any atom is -0.481 e. The van der Waals surface area contributed by atoms with Crippen molar-refractivity contribution in [1.82, 2.24) is 9.97 Å². The molecule has 6 heteroatoms. The first-order valence-corrected chi connectivity index (χ1v) is 5.41. The first kappa shape index (κ1) is 12.1. The van der Waals surface area contributed by atoms with E-state index in [9.17, 15) is 9.59 Å². The van der Waals surface area contributed by atoms with Crippen LogP contribution < -0.4 is 10.2 Å². The van der Waals surface area contributed by atoms with E-state index in [1.54, 1.807) is 19.1 Å². The summed E-state index contributed by atoms with van der Waals surface area (Å²) in [6.07, 6.45) is 0. The zero-order chi connectivity index (χ0) is 13.1. The lowest BCUT2D eigenvalue weighted by atomic mass is 10.2. The SMILES string of the molecule is CCOC(=O)c1cc(=O)c2nc(OC)ccc2[nH]1. The van der Waals surface area contributed by atoms with Gasteiger partial charge in [0.2, 0.25) is 11.3 Å². The zero-order valence-electron chi connectivity index (χ0n) is 10.0. The number of pyridine rings is 2. The third kappa shape index (κ3) is 2.17. The van der Waals surface area contributed by atoms with E-state index in [0.29, 0.717) is 11.4 Å². The van der Waals surface area contributed by atoms with Crippen LogP contribution in [0.15, 0.2) is 23.0 Å². The van der Waals surface area contributed by atoms with Gasteiger partial charge in [0.15, 0.2) is 0 Å². The second-order valence-electron chi connectivity index (χ2n) is 3.52. The lowest BCUT2D eigenvalue weighted by molar-refractivity contribution is 0.0520. The van der Waals surface area contributed by atoms with Gasteiger partial charge in [0.05, 0.1) is 19.2 Å². The van der Waals surface area contributed by atoms with Gasteiger partial charge >= 0.3 is 5.97 Å². The molecule has 0 saturated heterocycles. The Hall–Kier alpha value is -2.37. The van der Waals surface area contributed by atoms with Gasteiger partial charge in [-0.15, -0.1) is 0 Å². The molecule has 6 nitrogen and oxygen atoms in total. The summed E-state index contributed by atoms with van der Waals surface area (Å²) in [6, 6.07) is 4.41. The molecule has 0 radical (unpaired) electrons. The molecule has 0 aliphatic carbocycles. The molecule has 0 aliphatic heterocycles. The van der Waals surface area contributed by atoms with Crippen molar-refractivity contribution in [2.45, 2.75) is 6.92 Å². The Kier molecular flexibility index (Phi) is 3.27. The van der Waals surface area contributed by atoms with E-state index in [2.05, 4.69) is 9.97 Å². The smallest absolute Gasteiger partial charge is 0.354 e. The molecule has 0 aromatic carbocycles. The molecular weight excluding hydrogens is 236 g/mol. The van der Waals surface area contributed by atoms with Crippen molar-refractivity contribution < 1.29 is 14.3 Å². The fraction of sp³-hybridized carbons (Fsp3) is 0.250. The lowest BCUT2D eigenvalue weighted by Gasteiger charge is -2.04. The summed E-state index contributed by atoms with van der Waals surface area (Å²) in [6.45, 7) is 1.95. The number of hydrogen-bond donors (Lipinski definition) is 1. The van der Waals surface area contributed by atoms with Crippen molar-refractivity contribution >= 4 is 17.0 Å². The molecule has 1 N–H and O–H groups in total. The Labute approximate surface area is 103 Å². The molecule has 94 valence electrons. The normalized spacial score (nSPS) is 10.3. The van der Waals surface area contributed by atoms with E-state index in [-0.39, 0.29) is 23.2 Å². The molecule has 18 heavy (non-hydrogen) atoms. The largest absolute Gasteiger partial charge is 0.481 e. The van der Waals surface area contributed by atoms with E-state index < -0.39 is 5.97 Å². The van der Waals surface area contributed by atoms with Crippen LogP contribution in [0.5, 0.6) is 5.88 Å². The number of carbonyl (C=O) groups excluding carboxylic acids is 1. The van der Waals surface area contributed by atoms with Crippen molar-refractivity contribution in [2.75, 3.05) is 13.7 Å². The van der Waals surface area contributed by atoms with E-state index in [1.165, 1.54) is 13.2 Å². The van der Waals surface area contributed by atoms with Crippen LogP contribution in [0, 0.1) is 0 Å². The third-order valence-electron chi connectivity index (χ3n) is 2.35. The second kappa shape index (κ2) is 4.87. The average molecular weight is 248 g/mol. The Morgan fingerprint density at radius 2 is 2.22 bits per heavy atom. The summed E-state index contributed by atoms with van der Waals surface area (Å²) in [4.78, 5) is 30.2. The van der Waals surface area contributed by atoms with Crippen LogP contribution in [0.1, 0.15) is 17.4 Å². The molecular formula is C12H12N2O4. The summed E-state index contributed by atoms with van der Waals surface area (Å²) in [5, 5.41) is 0. The molecule has 0 unspecified atom stereocenters. The third-order valence-corrected chi connectivity index (χ3v) is 2.35. The van der Waals surface area contributed by atoms with Crippen LogP contribution in [-0.2, 0) is 4.74 Å². The Morgan fingerprint density at radius 1 is 1.44 bits per heavy atom. The molecule has 2 aromatic rings. The van der Waals surface area contributed by atoms with Gasteiger partial charge in [-0.1, -0.05) is 0 Å². The fourth-order valence-corrected chi connectivity index (χ4v) is 1.54. The minimum absolute atomic E-state index is 0.112. The quantitative estimate of drug-likeness (QED) is 0.823. The maximum Gasteiger partial charge on any atom is 0.354 e. The van der Waals surface area contributed by atoms with E-state index in [0.717, 1.165) is 0 Å². The molecule has 2 aromatic heterocycles. The number of esters is 1. The number of fused-ring (bicyclic) bond motifs is 1. The number of H-pyrrole nitrogens is 1. The number of methoxy groups -OCH3 is 1. The Bertz CT molecular complexity index is 648. The van der Waals surface area contributed by atoms with E-state index in [1.807, 2.05) is 0 Å². The van der Waals surface area contributed by atoms with Gasteiger partial charge in [-0.05, 0) is 13.0 Å². The van der Waals surface area contributed by atoms with E-state index in [4.69, 9.17) is 9.47 Å². The van der Waals surface area contributed by atoms with Crippen molar-refractivity contribution in [3.05, 3.63) is 34.1 Å². The highest BCUT2D eigenvalue weighted by Gasteiger charge is 2.11. The summed E-state index contributed by atoms with van der Waals surface area (Å²) < 4.78 is 9.76. The molecule has 0 bridgehead atoms. The highest BCUT2D eigenvalue weighted by molar-refractivity contribution is 5.90. The molecule has 0 spiro atoms. The van der Waals surface area contributed by atoms with Crippen LogP contribution >= 0.6 is 0 Å². The number of aromatic nitrogens is 2. The molecule has 0 atom stereocenters. The number of ether oxygens (including phenoxy) is 2. The van der Waals surface area contributed by atoms with Crippen molar-refractivity contribution in [1.29, 1.82) is 0 Å². The van der Waals surface area contributed by atoms with Crippen molar-refractivity contribution in [3.8, 4) is 5.88 Å². The number of nitrogens with zero attached hydrogens (tertiary/aromatic N) is 1. The van der Waals surface area contributed by atoms with Crippen LogP contribution in [0.25, 0.3) is 11.0 Å². The highest BCUT2D eigenvalue weighted by Crippen LogP contribution is 2.12.